The van der Waals surface area contributed by atoms with Crippen LogP contribution in [0.25, 0.3) is 11.3 Å². The van der Waals surface area contributed by atoms with Gasteiger partial charge in [-0.15, -0.1) is 21.5 Å². The number of aromatic nitrogens is 1. The molecule has 0 bridgehead atoms. The van der Waals surface area contributed by atoms with E-state index in [1.165, 1.54) is 18.3 Å². The zero-order valence-electron chi connectivity index (χ0n) is 30.6. The molecule has 2 heterocycles. The second kappa shape index (κ2) is 19.6. The smallest absolute Gasteiger partial charge is 0.303 e. The summed E-state index contributed by atoms with van der Waals surface area (Å²) >= 11 is 4.69. The molecule has 0 N–H and O–H groups in total. The molecule has 1 aromatic heterocycles. The predicted octanol–water partition coefficient (Wildman–Crippen LogP) is 3.72. The Kier molecular flexibility index (Phi) is 15.0. The van der Waals surface area contributed by atoms with Crippen LogP contribution in [0, 0.1) is 0 Å². The first kappa shape index (κ1) is 42.1. The van der Waals surface area contributed by atoms with Gasteiger partial charge in [-0.1, -0.05) is 58.4 Å². The van der Waals surface area contributed by atoms with E-state index in [1.807, 2.05) is 60.0 Å². The molecule has 4 rings (SSSR count). The molecule has 3 aromatic rings. The number of hydrogen-bond acceptors (Lipinski definition) is 16. The highest BCUT2D eigenvalue weighted by molar-refractivity contribution is 9.10. The van der Waals surface area contributed by atoms with Crippen LogP contribution < -0.4 is 4.80 Å². The monoisotopic (exact) mass is 843 g/mol. The van der Waals surface area contributed by atoms with Crippen LogP contribution in [0.3, 0.4) is 0 Å². The minimum Gasteiger partial charge on any atom is -0.462 e. The minimum atomic E-state index is -1.82. The zero-order valence-corrected chi connectivity index (χ0v) is 33.0. The van der Waals surface area contributed by atoms with Gasteiger partial charge >= 0.3 is 29.8 Å². The zero-order chi connectivity index (χ0) is 40.2. The first-order valence-electron chi connectivity index (χ1n) is 16.6. The summed E-state index contributed by atoms with van der Waals surface area (Å²) in [6.07, 6.45) is -6.98. The highest BCUT2D eigenvalue weighted by Gasteiger charge is 2.52. The van der Waals surface area contributed by atoms with Crippen molar-refractivity contribution in [1.29, 1.82) is 0 Å². The van der Waals surface area contributed by atoms with E-state index in [9.17, 15) is 28.8 Å². The third kappa shape index (κ3) is 12.2. The van der Waals surface area contributed by atoms with Gasteiger partial charge in [0, 0.05) is 51.4 Å². The lowest BCUT2D eigenvalue weighted by molar-refractivity contribution is -0.216. The standard InChI is InChI=1S/C36H38BrN5O12S/c1-20(43)42-35(34(53-25(6)48)33(52-24(5)47)32(51-23(4)46)30(50-22(3)45)18-49-21(2)44)54-31(40-42)17-41-29(27-10-8-7-9-11-27)19-55-36(41)39-38-16-26-12-14-28(37)15-13-26/h7-16,19,30,32-35H,17-18H2,1-6H3/b38-16+,39-36+/t30-,32+,33+,34-,35?/m1/s1. The van der Waals surface area contributed by atoms with Gasteiger partial charge in [-0.3, -0.25) is 28.8 Å². The van der Waals surface area contributed by atoms with Crippen molar-refractivity contribution in [2.75, 3.05) is 6.61 Å². The molecule has 55 heavy (non-hydrogen) atoms. The van der Waals surface area contributed by atoms with Gasteiger partial charge in [-0.25, -0.2) is 0 Å². The highest BCUT2D eigenvalue weighted by atomic mass is 79.9. The topological polar surface area (TPSA) is 203 Å². The Bertz CT molecular complexity index is 2010. The summed E-state index contributed by atoms with van der Waals surface area (Å²) in [5.41, 5.74) is 2.32. The normalized spacial score (nSPS) is 16.3. The number of nitrogens with zero attached hydrogens (tertiary/aromatic N) is 5. The molecule has 1 aliphatic heterocycles. The second-order valence-corrected chi connectivity index (χ2v) is 13.5. The Labute approximate surface area is 327 Å². The van der Waals surface area contributed by atoms with Crippen LogP contribution in [-0.4, -0.2) is 94.7 Å². The predicted molar refractivity (Wildman–Crippen MR) is 199 cm³/mol. The molecule has 1 aliphatic rings. The van der Waals surface area contributed by atoms with Crippen molar-refractivity contribution >= 4 is 75.1 Å². The number of carbonyl (C=O) groups is 6. The molecular formula is C36H38BrN5O12S. The molecule has 0 saturated carbocycles. The summed E-state index contributed by atoms with van der Waals surface area (Å²) in [7, 11) is 0. The number of thiazole rings is 1. The van der Waals surface area contributed by atoms with Crippen molar-refractivity contribution < 1.29 is 57.2 Å². The number of amides is 1. The third-order valence-electron chi connectivity index (χ3n) is 7.39. The lowest BCUT2D eigenvalue weighted by Gasteiger charge is -2.37. The molecule has 19 heteroatoms. The Hall–Kier alpha value is -5.69. The number of halogens is 1. The van der Waals surface area contributed by atoms with E-state index >= 15 is 0 Å². The molecule has 1 amide bonds. The average Bonchev–Trinajstić information content (AvgIpc) is 3.72. The quantitative estimate of drug-likeness (QED) is 0.0930. The summed E-state index contributed by atoms with van der Waals surface area (Å²) < 4.78 is 36.0. The number of esters is 5. The van der Waals surface area contributed by atoms with E-state index in [0.29, 0.717) is 10.5 Å². The van der Waals surface area contributed by atoms with Crippen LogP contribution in [0.2, 0.25) is 0 Å². The number of carbonyl (C=O) groups excluding carboxylic acids is 6. The summed E-state index contributed by atoms with van der Waals surface area (Å²) in [5.74, 6) is -5.19. The summed E-state index contributed by atoms with van der Waals surface area (Å²) in [5, 5.41) is 15.8. The maximum atomic E-state index is 13.1. The van der Waals surface area contributed by atoms with Crippen molar-refractivity contribution in [2.45, 2.75) is 78.7 Å². The van der Waals surface area contributed by atoms with Gasteiger partial charge in [0.2, 0.25) is 22.8 Å². The third-order valence-corrected chi connectivity index (χ3v) is 8.77. The van der Waals surface area contributed by atoms with E-state index in [0.717, 1.165) is 55.2 Å². The van der Waals surface area contributed by atoms with Gasteiger partial charge in [0.15, 0.2) is 24.4 Å². The van der Waals surface area contributed by atoms with E-state index in [2.05, 4.69) is 31.2 Å². The summed E-state index contributed by atoms with van der Waals surface area (Å²) in [6.45, 7) is 5.63. The Morgan fingerprint density at radius 2 is 1.45 bits per heavy atom. The molecule has 292 valence electrons. The minimum absolute atomic E-state index is 0.0617. The first-order chi connectivity index (χ1) is 26.1. The highest BCUT2D eigenvalue weighted by Crippen LogP contribution is 2.29. The van der Waals surface area contributed by atoms with Crippen LogP contribution in [0.5, 0.6) is 0 Å². The van der Waals surface area contributed by atoms with Gasteiger partial charge in [0.05, 0.1) is 11.9 Å². The molecule has 0 fully saturated rings. The van der Waals surface area contributed by atoms with Crippen LogP contribution >= 0.6 is 27.3 Å². The molecule has 5 atom stereocenters. The molecule has 2 aromatic carbocycles. The molecule has 0 radical (unpaired) electrons. The number of hydrazone groups is 1. The average molecular weight is 845 g/mol. The van der Waals surface area contributed by atoms with Gasteiger partial charge in [0.25, 0.3) is 0 Å². The van der Waals surface area contributed by atoms with Crippen molar-refractivity contribution in [1.82, 2.24) is 9.58 Å². The Morgan fingerprint density at radius 1 is 0.836 bits per heavy atom. The SMILES string of the molecule is CC(=O)OC[C@@H](OC(C)=O)[C@H](OC(C)=O)[C@H](OC(C)=O)[C@@H](OC(C)=O)C1OC(Cn2c(-c3ccccc3)cs/c2=N/N=C/c2ccc(Br)cc2)=NN1C(C)=O. The van der Waals surface area contributed by atoms with Crippen LogP contribution in [0.1, 0.15) is 47.1 Å². The van der Waals surface area contributed by atoms with Crippen LogP contribution in [0.15, 0.2) is 79.8 Å². The fourth-order valence-corrected chi connectivity index (χ4v) is 6.42. The van der Waals surface area contributed by atoms with E-state index in [-0.39, 0.29) is 12.4 Å². The molecule has 0 spiro atoms. The van der Waals surface area contributed by atoms with Gasteiger partial charge in [0.1, 0.15) is 13.2 Å². The van der Waals surface area contributed by atoms with E-state index in [1.54, 1.807) is 10.8 Å². The lowest BCUT2D eigenvalue weighted by Crippen LogP contribution is -2.59. The molecular weight excluding hydrogens is 806 g/mol. The summed E-state index contributed by atoms with van der Waals surface area (Å²) in [6, 6.07) is 16.8. The van der Waals surface area contributed by atoms with Crippen LogP contribution in [-0.2, 0) is 63.7 Å². The second-order valence-electron chi connectivity index (χ2n) is 11.8. The molecule has 17 nitrogen and oxygen atoms in total. The molecule has 1 unspecified atom stereocenters. The van der Waals surface area contributed by atoms with Gasteiger partial charge in [-0.2, -0.15) is 10.1 Å². The Morgan fingerprint density at radius 3 is 2.04 bits per heavy atom. The number of rotatable bonds is 15. The lowest BCUT2D eigenvalue weighted by atomic mass is 10.00. The van der Waals surface area contributed by atoms with Crippen LogP contribution in [0.4, 0.5) is 0 Å². The Balaban J connectivity index is 1.79. The number of ether oxygens (including phenoxy) is 6. The molecule has 0 saturated heterocycles. The number of benzene rings is 2. The largest absolute Gasteiger partial charge is 0.462 e. The maximum Gasteiger partial charge on any atom is 0.303 e. The van der Waals surface area contributed by atoms with E-state index < -0.39 is 73.0 Å². The van der Waals surface area contributed by atoms with Crippen molar-refractivity contribution in [3.8, 4) is 11.3 Å². The fourth-order valence-electron chi connectivity index (χ4n) is 5.29. The van der Waals surface area contributed by atoms with E-state index in [4.69, 9.17) is 28.4 Å². The molecule has 0 aliphatic carbocycles. The van der Waals surface area contributed by atoms with Gasteiger partial charge < -0.3 is 33.0 Å². The fraction of sp³-hybridized carbons (Fsp3) is 0.361. The van der Waals surface area contributed by atoms with Crippen molar-refractivity contribution in [2.24, 2.45) is 15.3 Å². The number of hydrogen-bond donors (Lipinski definition) is 0. The maximum absolute atomic E-state index is 13.1. The van der Waals surface area contributed by atoms with Crippen molar-refractivity contribution in [3.63, 3.8) is 0 Å². The summed E-state index contributed by atoms with van der Waals surface area (Å²) in [4.78, 5) is 75.1. The van der Waals surface area contributed by atoms with Gasteiger partial charge in [-0.05, 0) is 23.3 Å². The van der Waals surface area contributed by atoms with Crippen molar-refractivity contribution in [3.05, 3.63) is 74.8 Å². The first-order valence-corrected chi connectivity index (χ1v) is 18.2.